The van der Waals surface area contributed by atoms with E-state index in [0.717, 1.165) is 21.8 Å². The molecule has 2 N–H and O–H groups in total. The van der Waals surface area contributed by atoms with Crippen LogP contribution in [0.25, 0.3) is 21.7 Å². The second-order valence-corrected chi connectivity index (χ2v) is 7.27. The summed E-state index contributed by atoms with van der Waals surface area (Å²) in [6.07, 6.45) is 3.60. The topological polar surface area (TPSA) is 93.2 Å². The van der Waals surface area contributed by atoms with Crippen molar-refractivity contribution in [2.75, 3.05) is 19.0 Å². The first-order chi connectivity index (χ1) is 15.0. The number of nitrogens with zero attached hydrogens (tertiary/aromatic N) is 2. The standard InChI is InChI=1S/C23H19ClN4O3/c1-31-21(29)8-10-26-23(30)14-5-6-17-19-13-25-9-7-18(19)22(28-20(17)11-14)27-16-4-2-3-15(24)12-16/h2-7,9,11-13H,8,10H2,1H3,(H,26,30)(H,27,28). The van der Waals surface area contributed by atoms with Crippen LogP contribution in [0.4, 0.5) is 11.5 Å². The van der Waals surface area contributed by atoms with Gasteiger partial charge in [0.25, 0.3) is 5.91 Å². The number of carbonyl (C=O) groups is 2. The minimum Gasteiger partial charge on any atom is -0.469 e. The summed E-state index contributed by atoms with van der Waals surface area (Å²) in [6, 6.07) is 14.6. The summed E-state index contributed by atoms with van der Waals surface area (Å²) in [7, 11) is 1.31. The molecule has 0 saturated carbocycles. The van der Waals surface area contributed by atoms with E-state index in [-0.39, 0.29) is 24.8 Å². The number of benzene rings is 2. The van der Waals surface area contributed by atoms with Gasteiger partial charge in [-0.3, -0.25) is 14.6 Å². The van der Waals surface area contributed by atoms with Crippen LogP contribution in [-0.2, 0) is 9.53 Å². The second kappa shape index (κ2) is 8.97. The van der Waals surface area contributed by atoms with Crippen LogP contribution in [0.2, 0.25) is 5.02 Å². The Morgan fingerprint density at radius 2 is 1.94 bits per heavy atom. The van der Waals surface area contributed by atoms with Gasteiger partial charge in [0.1, 0.15) is 5.82 Å². The highest BCUT2D eigenvalue weighted by molar-refractivity contribution is 6.30. The zero-order valence-corrected chi connectivity index (χ0v) is 17.4. The Morgan fingerprint density at radius 3 is 2.74 bits per heavy atom. The Hall–Kier alpha value is -3.71. The van der Waals surface area contributed by atoms with Crippen molar-refractivity contribution in [1.82, 2.24) is 15.3 Å². The van der Waals surface area contributed by atoms with Crippen molar-refractivity contribution in [2.24, 2.45) is 0 Å². The number of fused-ring (bicyclic) bond motifs is 3. The first-order valence-corrected chi connectivity index (χ1v) is 9.98. The number of methoxy groups -OCH3 is 1. The van der Waals surface area contributed by atoms with Crippen LogP contribution in [0.1, 0.15) is 16.8 Å². The molecule has 0 unspecified atom stereocenters. The molecular weight excluding hydrogens is 416 g/mol. The largest absolute Gasteiger partial charge is 0.469 e. The van der Waals surface area contributed by atoms with E-state index in [1.165, 1.54) is 7.11 Å². The Kier molecular flexibility index (Phi) is 5.95. The average molecular weight is 435 g/mol. The van der Waals surface area contributed by atoms with Gasteiger partial charge >= 0.3 is 5.97 Å². The van der Waals surface area contributed by atoms with Gasteiger partial charge in [-0.25, -0.2) is 4.98 Å². The molecule has 0 bridgehead atoms. The number of halogens is 1. The number of amides is 1. The summed E-state index contributed by atoms with van der Waals surface area (Å²) >= 11 is 6.11. The third-order valence-electron chi connectivity index (χ3n) is 4.79. The molecule has 0 aliphatic rings. The molecule has 31 heavy (non-hydrogen) atoms. The van der Waals surface area contributed by atoms with E-state index >= 15 is 0 Å². The quantitative estimate of drug-likeness (QED) is 0.343. The molecule has 0 spiro atoms. The van der Waals surface area contributed by atoms with Crippen LogP contribution in [0.3, 0.4) is 0 Å². The van der Waals surface area contributed by atoms with Gasteiger partial charge in [0.15, 0.2) is 0 Å². The maximum atomic E-state index is 12.5. The smallest absolute Gasteiger partial charge is 0.307 e. The number of carbonyl (C=O) groups excluding carboxylic acids is 2. The van der Waals surface area contributed by atoms with Gasteiger partial charge in [-0.05, 0) is 36.4 Å². The lowest BCUT2D eigenvalue weighted by Gasteiger charge is -2.12. The van der Waals surface area contributed by atoms with Gasteiger partial charge < -0.3 is 15.4 Å². The summed E-state index contributed by atoms with van der Waals surface area (Å²) in [5.41, 5.74) is 1.89. The number of nitrogens with one attached hydrogen (secondary N) is 2. The predicted molar refractivity (Wildman–Crippen MR) is 121 cm³/mol. The lowest BCUT2D eigenvalue weighted by molar-refractivity contribution is -0.140. The van der Waals surface area contributed by atoms with Crippen LogP contribution in [-0.4, -0.2) is 35.5 Å². The SMILES string of the molecule is COC(=O)CCNC(=O)c1ccc2c(c1)nc(Nc1cccc(Cl)c1)c1ccncc12. The predicted octanol–water partition coefficient (Wildman–Crippen LogP) is 4.47. The molecule has 0 saturated heterocycles. The molecular formula is C23H19ClN4O3. The van der Waals surface area contributed by atoms with Gasteiger partial charge in [0.2, 0.25) is 0 Å². The van der Waals surface area contributed by atoms with Crippen LogP contribution >= 0.6 is 11.6 Å². The normalized spacial score (nSPS) is 10.8. The molecule has 0 atom stereocenters. The summed E-state index contributed by atoms with van der Waals surface area (Å²) < 4.78 is 4.58. The Balaban J connectivity index is 1.70. The molecule has 2 aromatic carbocycles. The number of esters is 1. The Morgan fingerprint density at radius 1 is 1.06 bits per heavy atom. The van der Waals surface area contributed by atoms with Gasteiger partial charge in [-0.1, -0.05) is 23.7 Å². The van der Waals surface area contributed by atoms with Gasteiger partial charge in [0.05, 0.1) is 19.0 Å². The molecule has 2 aromatic heterocycles. The van der Waals surface area contributed by atoms with Crippen LogP contribution in [0, 0.1) is 0 Å². The maximum Gasteiger partial charge on any atom is 0.307 e. The van der Waals surface area contributed by atoms with E-state index in [1.54, 1.807) is 30.6 Å². The second-order valence-electron chi connectivity index (χ2n) is 6.83. The third-order valence-corrected chi connectivity index (χ3v) is 5.02. The molecule has 0 aliphatic carbocycles. The Labute approximate surface area is 183 Å². The van der Waals surface area contributed by atoms with Crippen molar-refractivity contribution in [3.63, 3.8) is 0 Å². The van der Waals surface area contributed by atoms with Gasteiger partial charge in [-0.2, -0.15) is 0 Å². The molecule has 0 fully saturated rings. The number of pyridine rings is 2. The molecule has 4 rings (SSSR count). The third kappa shape index (κ3) is 4.57. The van der Waals surface area contributed by atoms with Crippen molar-refractivity contribution in [3.05, 3.63) is 71.5 Å². The molecule has 2 heterocycles. The molecule has 8 heteroatoms. The fourth-order valence-electron chi connectivity index (χ4n) is 3.27. The van der Waals surface area contributed by atoms with E-state index < -0.39 is 0 Å². The van der Waals surface area contributed by atoms with Crippen LogP contribution in [0.15, 0.2) is 60.9 Å². The zero-order chi connectivity index (χ0) is 21.8. The van der Waals surface area contributed by atoms with E-state index in [0.29, 0.717) is 21.9 Å². The number of anilines is 2. The fraction of sp³-hybridized carbons (Fsp3) is 0.130. The molecule has 156 valence electrons. The van der Waals surface area contributed by atoms with Gasteiger partial charge in [-0.15, -0.1) is 0 Å². The molecule has 7 nitrogen and oxygen atoms in total. The van der Waals surface area contributed by atoms with Gasteiger partial charge in [0, 0.05) is 51.4 Å². The molecule has 0 radical (unpaired) electrons. The van der Waals surface area contributed by atoms with Crippen molar-refractivity contribution in [3.8, 4) is 0 Å². The lowest BCUT2D eigenvalue weighted by atomic mass is 10.1. The summed E-state index contributed by atoms with van der Waals surface area (Å²) in [5.74, 6) is -0.0326. The number of rotatable bonds is 6. The highest BCUT2D eigenvalue weighted by atomic mass is 35.5. The summed E-state index contributed by atoms with van der Waals surface area (Å²) in [5, 5.41) is 9.33. The van der Waals surface area contributed by atoms with Crippen molar-refractivity contribution >= 4 is 56.7 Å². The average Bonchev–Trinajstić information content (AvgIpc) is 2.78. The summed E-state index contributed by atoms with van der Waals surface area (Å²) in [4.78, 5) is 32.7. The number of aromatic nitrogens is 2. The van der Waals surface area contributed by atoms with Crippen LogP contribution in [0.5, 0.6) is 0 Å². The van der Waals surface area contributed by atoms with E-state index in [1.807, 2.05) is 30.3 Å². The first kappa shape index (κ1) is 20.6. The summed E-state index contributed by atoms with van der Waals surface area (Å²) in [6.45, 7) is 0.195. The minimum atomic E-state index is -0.379. The lowest BCUT2D eigenvalue weighted by Crippen LogP contribution is -2.26. The van der Waals surface area contributed by atoms with Crippen molar-refractivity contribution in [1.29, 1.82) is 0 Å². The van der Waals surface area contributed by atoms with E-state index in [2.05, 4.69) is 20.4 Å². The molecule has 0 aliphatic heterocycles. The maximum absolute atomic E-state index is 12.5. The number of hydrogen-bond acceptors (Lipinski definition) is 6. The Bertz CT molecular complexity index is 1290. The first-order valence-electron chi connectivity index (χ1n) is 9.60. The number of ether oxygens (including phenoxy) is 1. The van der Waals surface area contributed by atoms with E-state index in [4.69, 9.17) is 16.6 Å². The van der Waals surface area contributed by atoms with Crippen LogP contribution < -0.4 is 10.6 Å². The number of hydrogen-bond donors (Lipinski definition) is 2. The highest BCUT2D eigenvalue weighted by Crippen LogP contribution is 2.31. The highest BCUT2D eigenvalue weighted by Gasteiger charge is 2.13. The molecule has 1 amide bonds. The fourth-order valence-corrected chi connectivity index (χ4v) is 3.46. The van der Waals surface area contributed by atoms with Crippen molar-refractivity contribution < 1.29 is 14.3 Å². The minimum absolute atomic E-state index is 0.109. The monoisotopic (exact) mass is 434 g/mol. The van der Waals surface area contributed by atoms with Crippen molar-refractivity contribution in [2.45, 2.75) is 6.42 Å². The zero-order valence-electron chi connectivity index (χ0n) is 16.7. The molecule has 4 aromatic rings. The van der Waals surface area contributed by atoms with E-state index in [9.17, 15) is 9.59 Å².